The molecule has 0 spiro atoms. The minimum Gasteiger partial charge on any atom is -0.295 e. The molecule has 0 radical (unpaired) electrons. The molecule has 2 rings (SSSR count). The van der Waals surface area contributed by atoms with Gasteiger partial charge in [0.15, 0.2) is 5.78 Å². The predicted octanol–water partition coefficient (Wildman–Crippen LogP) is 2.96. The Morgan fingerprint density at radius 1 is 1.46 bits per heavy atom. The number of hydrogen-bond donors (Lipinski definition) is 0. The Balaban J connectivity index is 2.25. The van der Waals surface area contributed by atoms with Crippen molar-refractivity contribution in [2.24, 2.45) is 17.3 Å². The molecule has 72 valence electrons. The van der Waals surface area contributed by atoms with Crippen molar-refractivity contribution in [2.45, 2.75) is 40.0 Å². The Kier molecular flexibility index (Phi) is 1.86. The van der Waals surface area contributed by atoms with Crippen LogP contribution in [0.4, 0.5) is 0 Å². The fraction of sp³-hybridized carbons (Fsp3) is 0.750. The molecule has 2 atom stereocenters. The summed E-state index contributed by atoms with van der Waals surface area (Å²) in [6.07, 6.45) is 5.42. The van der Waals surface area contributed by atoms with E-state index in [1.54, 1.807) is 0 Å². The quantitative estimate of drug-likeness (QED) is 0.557. The summed E-state index contributed by atoms with van der Waals surface area (Å²) in [5, 5.41) is 0. The van der Waals surface area contributed by atoms with E-state index in [0.717, 1.165) is 12.8 Å². The minimum absolute atomic E-state index is 0.266. The zero-order chi connectivity index (χ0) is 9.64. The number of carbonyl (C=O) groups is 1. The van der Waals surface area contributed by atoms with Gasteiger partial charge >= 0.3 is 0 Å². The van der Waals surface area contributed by atoms with Crippen LogP contribution in [0.5, 0.6) is 0 Å². The SMILES string of the molecule is CC1CC2CC(C)(C)CC2=CC1=O. The third-order valence-electron chi connectivity index (χ3n) is 3.46. The molecule has 0 saturated heterocycles. The predicted molar refractivity (Wildman–Crippen MR) is 53.4 cm³/mol. The van der Waals surface area contributed by atoms with Gasteiger partial charge in [-0.2, -0.15) is 0 Å². The van der Waals surface area contributed by atoms with E-state index in [-0.39, 0.29) is 5.92 Å². The number of carbonyl (C=O) groups excluding carboxylic acids is 1. The van der Waals surface area contributed by atoms with Crippen LogP contribution in [-0.4, -0.2) is 5.78 Å². The summed E-state index contributed by atoms with van der Waals surface area (Å²) in [6.45, 7) is 6.67. The van der Waals surface area contributed by atoms with Crippen LogP contribution in [0, 0.1) is 17.3 Å². The van der Waals surface area contributed by atoms with E-state index in [0.29, 0.717) is 17.1 Å². The molecule has 1 heteroatoms. The van der Waals surface area contributed by atoms with Gasteiger partial charge in [-0.05, 0) is 36.7 Å². The number of fused-ring (bicyclic) bond motifs is 1. The lowest BCUT2D eigenvalue weighted by atomic mass is 9.82. The molecule has 1 nitrogen and oxygen atoms in total. The van der Waals surface area contributed by atoms with E-state index in [1.165, 1.54) is 12.0 Å². The molecule has 2 aliphatic carbocycles. The second-order valence-electron chi connectivity index (χ2n) is 5.50. The highest BCUT2D eigenvalue weighted by Gasteiger charge is 2.38. The van der Waals surface area contributed by atoms with Crippen LogP contribution in [0.15, 0.2) is 11.6 Å². The molecule has 0 aliphatic heterocycles. The molecule has 0 heterocycles. The topological polar surface area (TPSA) is 17.1 Å². The van der Waals surface area contributed by atoms with Gasteiger partial charge in [0.1, 0.15) is 0 Å². The summed E-state index contributed by atoms with van der Waals surface area (Å²) >= 11 is 0. The van der Waals surface area contributed by atoms with Gasteiger partial charge in [0.25, 0.3) is 0 Å². The molecule has 0 aromatic carbocycles. The first-order chi connectivity index (χ1) is 5.98. The van der Waals surface area contributed by atoms with Gasteiger partial charge in [0.2, 0.25) is 0 Å². The second kappa shape index (κ2) is 2.70. The van der Waals surface area contributed by atoms with Crippen LogP contribution < -0.4 is 0 Å². The van der Waals surface area contributed by atoms with Crippen molar-refractivity contribution in [1.82, 2.24) is 0 Å². The molecule has 13 heavy (non-hydrogen) atoms. The lowest BCUT2D eigenvalue weighted by molar-refractivity contribution is -0.118. The zero-order valence-corrected chi connectivity index (χ0v) is 8.76. The molecular weight excluding hydrogens is 160 g/mol. The molecule has 0 N–H and O–H groups in total. The van der Waals surface area contributed by atoms with Crippen molar-refractivity contribution < 1.29 is 4.79 Å². The van der Waals surface area contributed by atoms with E-state index < -0.39 is 0 Å². The Hall–Kier alpha value is -0.590. The third-order valence-corrected chi connectivity index (χ3v) is 3.46. The normalized spacial score (nSPS) is 37.2. The van der Waals surface area contributed by atoms with Crippen LogP contribution in [0.1, 0.15) is 40.0 Å². The molecule has 0 amide bonds. The van der Waals surface area contributed by atoms with Gasteiger partial charge in [-0.25, -0.2) is 0 Å². The van der Waals surface area contributed by atoms with Crippen LogP contribution in [0.3, 0.4) is 0 Å². The summed E-state index contributed by atoms with van der Waals surface area (Å²) in [4.78, 5) is 11.5. The van der Waals surface area contributed by atoms with Crippen LogP contribution in [0.2, 0.25) is 0 Å². The van der Waals surface area contributed by atoms with E-state index in [4.69, 9.17) is 0 Å². The van der Waals surface area contributed by atoms with Crippen molar-refractivity contribution in [1.29, 1.82) is 0 Å². The van der Waals surface area contributed by atoms with E-state index in [1.807, 2.05) is 6.08 Å². The van der Waals surface area contributed by atoms with E-state index >= 15 is 0 Å². The van der Waals surface area contributed by atoms with Gasteiger partial charge in [-0.15, -0.1) is 0 Å². The summed E-state index contributed by atoms with van der Waals surface area (Å²) in [5.41, 5.74) is 1.86. The smallest absolute Gasteiger partial charge is 0.158 e. The molecule has 0 aromatic rings. The van der Waals surface area contributed by atoms with Gasteiger partial charge in [0, 0.05) is 5.92 Å². The number of rotatable bonds is 0. The molecule has 1 saturated carbocycles. The Bertz CT molecular complexity index is 273. The first kappa shape index (κ1) is 8.98. The molecule has 0 bridgehead atoms. The highest BCUT2D eigenvalue weighted by Crippen LogP contribution is 2.48. The standard InChI is InChI=1S/C12H18O/c1-8-4-9-6-12(2,3)7-10(9)5-11(8)13/h5,8-9H,4,6-7H2,1-3H3. The second-order valence-corrected chi connectivity index (χ2v) is 5.50. The minimum atomic E-state index is 0.266. The lowest BCUT2D eigenvalue weighted by Crippen LogP contribution is -2.19. The molecule has 2 unspecified atom stereocenters. The van der Waals surface area contributed by atoms with Crippen LogP contribution >= 0.6 is 0 Å². The maximum atomic E-state index is 11.5. The lowest BCUT2D eigenvalue weighted by Gasteiger charge is -2.21. The zero-order valence-electron chi connectivity index (χ0n) is 8.76. The highest BCUT2D eigenvalue weighted by molar-refractivity contribution is 5.93. The van der Waals surface area contributed by atoms with Gasteiger partial charge < -0.3 is 0 Å². The monoisotopic (exact) mass is 178 g/mol. The summed E-state index contributed by atoms with van der Waals surface area (Å²) in [7, 11) is 0. The fourth-order valence-corrected chi connectivity index (χ4v) is 2.84. The van der Waals surface area contributed by atoms with Gasteiger partial charge in [0.05, 0.1) is 0 Å². The van der Waals surface area contributed by atoms with Crippen molar-refractivity contribution in [2.75, 3.05) is 0 Å². The maximum absolute atomic E-state index is 11.5. The van der Waals surface area contributed by atoms with Gasteiger partial charge in [-0.3, -0.25) is 4.79 Å². The summed E-state index contributed by atoms with van der Waals surface area (Å²) in [5.74, 6) is 1.33. The molecule has 2 aliphatic rings. The molecular formula is C12H18O. The third kappa shape index (κ3) is 1.56. The molecule has 1 fully saturated rings. The summed E-state index contributed by atoms with van der Waals surface area (Å²) < 4.78 is 0. The first-order valence-corrected chi connectivity index (χ1v) is 5.22. The van der Waals surface area contributed by atoms with Crippen LogP contribution in [0.25, 0.3) is 0 Å². The van der Waals surface area contributed by atoms with Crippen LogP contribution in [-0.2, 0) is 4.79 Å². The van der Waals surface area contributed by atoms with Crippen molar-refractivity contribution in [3.63, 3.8) is 0 Å². The first-order valence-electron chi connectivity index (χ1n) is 5.22. The van der Waals surface area contributed by atoms with E-state index in [2.05, 4.69) is 20.8 Å². The maximum Gasteiger partial charge on any atom is 0.158 e. The molecule has 0 aromatic heterocycles. The fourth-order valence-electron chi connectivity index (χ4n) is 2.84. The Morgan fingerprint density at radius 2 is 2.15 bits per heavy atom. The summed E-state index contributed by atoms with van der Waals surface area (Å²) in [6, 6.07) is 0. The van der Waals surface area contributed by atoms with Crippen molar-refractivity contribution in [3.8, 4) is 0 Å². The van der Waals surface area contributed by atoms with E-state index in [9.17, 15) is 4.79 Å². The van der Waals surface area contributed by atoms with Crippen molar-refractivity contribution in [3.05, 3.63) is 11.6 Å². The highest BCUT2D eigenvalue weighted by atomic mass is 16.1. The average molecular weight is 178 g/mol. The van der Waals surface area contributed by atoms with Gasteiger partial charge in [-0.1, -0.05) is 26.3 Å². The van der Waals surface area contributed by atoms with Crippen molar-refractivity contribution >= 4 is 5.78 Å². The number of hydrogen-bond acceptors (Lipinski definition) is 1. The Morgan fingerprint density at radius 3 is 2.85 bits per heavy atom. The average Bonchev–Trinajstić information content (AvgIpc) is 2.24. The number of allylic oxidation sites excluding steroid dienone is 2. The Labute approximate surface area is 80.2 Å². The number of ketones is 1. The largest absolute Gasteiger partial charge is 0.295 e.